The summed E-state index contributed by atoms with van der Waals surface area (Å²) in [5.74, 6) is 0.839. The van der Waals surface area contributed by atoms with Gasteiger partial charge < -0.3 is 15.0 Å². The minimum Gasteiger partial charge on any atom is -0.381 e. The van der Waals surface area contributed by atoms with E-state index in [4.69, 9.17) is 4.74 Å². The summed E-state index contributed by atoms with van der Waals surface area (Å²) in [6, 6.07) is 0.738. The van der Waals surface area contributed by atoms with Crippen LogP contribution in [0.3, 0.4) is 0 Å². The average Bonchev–Trinajstić information content (AvgIpc) is 2.25. The molecule has 0 spiro atoms. The van der Waals surface area contributed by atoms with Crippen LogP contribution in [0.15, 0.2) is 0 Å². The van der Waals surface area contributed by atoms with Crippen molar-refractivity contribution >= 4 is 0 Å². The topological polar surface area (TPSA) is 24.5 Å². The van der Waals surface area contributed by atoms with E-state index in [1.54, 1.807) is 0 Å². The number of hydrogen-bond donors (Lipinski definition) is 1. The monoisotopic (exact) mass is 214 g/mol. The highest BCUT2D eigenvalue weighted by Crippen LogP contribution is 2.24. The van der Waals surface area contributed by atoms with Crippen LogP contribution in [0.4, 0.5) is 0 Å². The lowest BCUT2D eigenvalue weighted by Gasteiger charge is -2.34. The smallest absolute Gasteiger partial charge is 0.0469 e. The average molecular weight is 214 g/mol. The van der Waals surface area contributed by atoms with Gasteiger partial charge in [-0.3, -0.25) is 0 Å². The number of nitrogens with zero attached hydrogens (tertiary/aromatic N) is 1. The van der Waals surface area contributed by atoms with Gasteiger partial charge in [-0.2, -0.15) is 0 Å². The zero-order valence-corrected chi connectivity index (χ0v) is 10.5. The Labute approximate surface area is 94.2 Å². The van der Waals surface area contributed by atoms with Gasteiger partial charge in [0.05, 0.1) is 0 Å². The fraction of sp³-hybridized carbons (Fsp3) is 1.00. The molecule has 1 N–H and O–H groups in total. The van der Waals surface area contributed by atoms with Crippen LogP contribution in [0, 0.1) is 5.92 Å². The highest BCUT2D eigenvalue weighted by Gasteiger charge is 2.24. The molecular weight excluding hydrogens is 188 g/mol. The zero-order chi connectivity index (χ0) is 11.1. The first-order valence-electron chi connectivity index (χ1n) is 6.14. The fourth-order valence-electron chi connectivity index (χ4n) is 2.50. The van der Waals surface area contributed by atoms with Gasteiger partial charge in [0, 0.05) is 19.3 Å². The van der Waals surface area contributed by atoms with E-state index in [1.165, 1.54) is 25.7 Å². The molecule has 1 fully saturated rings. The van der Waals surface area contributed by atoms with Crippen LogP contribution in [0.5, 0.6) is 0 Å². The molecule has 1 heterocycles. The molecule has 1 aliphatic rings. The molecule has 0 aromatic heterocycles. The van der Waals surface area contributed by atoms with Gasteiger partial charge >= 0.3 is 0 Å². The SMILES string of the molecule is CNCCCC(C1CCOCC1)N(C)C. The Bertz CT molecular complexity index is 156. The molecule has 1 rings (SSSR count). The Balaban J connectivity index is 2.34. The molecule has 3 heteroatoms. The van der Waals surface area contributed by atoms with Crippen molar-refractivity contribution in [1.29, 1.82) is 0 Å². The van der Waals surface area contributed by atoms with E-state index >= 15 is 0 Å². The lowest BCUT2D eigenvalue weighted by Crippen LogP contribution is -2.38. The second-order valence-electron chi connectivity index (χ2n) is 4.73. The van der Waals surface area contributed by atoms with E-state index in [0.717, 1.165) is 31.7 Å². The Kier molecular flexibility index (Phi) is 6.22. The molecule has 1 unspecified atom stereocenters. The van der Waals surface area contributed by atoms with Gasteiger partial charge in [0.25, 0.3) is 0 Å². The molecule has 0 amide bonds. The maximum atomic E-state index is 5.42. The predicted molar refractivity (Wildman–Crippen MR) is 64.2 cm³/mol. The van der Waals surface area contributed by atoms with Crippen molar-refractivity contribution in [3.05, 3.63) is 0 Å². The lowest BCUT2D eigenvalue weighted by molar-refractivity contribution is 0.0343. The molecule has 1 saturated heterocycles. The third kappa shape index (κ3) is 4.49. The molecule has 15 heavy (non-hydrogen) atoms. The first-order chi connectivity index (χ1) is 7.25. The highest BCUT2D eigenvalue weighted by atomic mass is 16.5. The summed E-state index contributed by atoms with van der Waals surface area (Å²) >= 11 is 0. The molecule has 1 aliphatic heterocycles. The molecule has 0 aromatic rings. The standard InChI is InChI=1S/C12H26N2O/c1-13-8-4-5-12(14(2)3)11-6-9-15-10-7-11/h11-13H,4-10H2,1-3H3. The van der Waals surface area contributed by atoms with Crippen LogP contribution < -0.4 is 5.32 Å². The van der Waals surface area contributed by atoms with Crippen molar-refractivity contribution < 1.29 is 4.74 Å². The van der Waals surface area contributed by atoms with E-state index in [9.17, 15) is 0 Å². The molecule has 90 valence electrons. The third-order valence-corrected chi connectivity index (χ3v) is 3.40. The summed E-state index contributed by atoms with van der Waals surface area (Å²) in [7, 11) is 6.44. The van der Waals surface area contributed by atoms with Crippen molar-refractivity contribution in [2.45, 2.75) is 31.7 Å². The number of nitrogens with one attached hydrogen (secondary N) is 1. The fourth-order valence-corrected chi connectivity index (χ4v) is 2.50. The normalized spacial score (nSPS) is 20.8. The molecule has 0 aromatic carbocycles. The molecular formula is C12H26N2O. The van der Waals surface area contributed by atoms with Crippen LogP contribution in [0.25, 0.3) is 0 Å². The van der Waals surface area contributed by atoms with Crippen LogP contribution in [-0.2, 0) is 4.74 Å². The van der Waals surface area contributed by atoms with Gasteiger partial charge in [-0.1, -0.05) is 0 Å². The number of hydrogen-bond acceptors (Lipinski definition) is 3. The predicted octanol–water partition coefficient (Wildman–Crippen LogP) is 1.34. The van der Waals surface area contributed by atoms with E-state index in [2.05, 4.69) is 24.3 Å². The van der Waals surface area contributed by atoms with Crippen molar-refractivity contribution in [3.63, 3.8) is 0 Å². The summed E-state index contributed by atoms with van der Waals surface area (Å²) < 4.78 is 5.42. The van der Waals surface area contributed by atoms with E-state index in [-0.39, 0.29) is 0 Å². The van der Waals surface area contributed by atoms with Crippen molar-refractivity contribution in [1.82, 2.24) is 10.2 Å². The second-order valence-corrected chi connectivity index (χ2v) is 4.73. The first kappa shape index (κ1) is 12.9. The molecule has 3 nitrogen and oxygen atoms in total. The summed E-state index contributed by atoms with van der Waals surface area (Å²) in [6.45, 7) is 3.05. The molecule has 0 radical (unpaired) electrons. The Morgan fingerprint density at radius 2 is 2.00 bits per heavy atom. The molecule has 1 atom stereocenters. The van der Waals surface area contributed by atoms with Crippen molar-refractivity contribution in [2.24, 2.45) is 5.92 Å². The summed E-state index contributed by atoms with van der Waals surface area (Å²) in [4.78, 5) is 2.39. The highest BCUT2D eigenvalue weighted by molar-refractivity contribution is 4.78. The summed E-state index contributed by atoms with van der Waals surface area (Å²) in [5, 5.41) is 3.22. The first-order valence-corrected chi connectivity index (χ1v) is 6.14. The van der Waals surface area contributed by atoms with E-state index in [0.29, 0.717) is 0 Å². The van der Waals surface area contributed by atoms with Gasteiger partial charge in [0.15, 0.2) is 0 Å². The molecule has 0 aliphatic carbocycles. The third-order valence-electron chi connectivity index (χ3n) is 3.40. The minimum absolute atomic E-state index is 0.738. The second kappa shape index (κ2) is 7.20. The zero-order valence-electron chi connectivity index (χ0n) is 10.5. The lowest BCUT2D eigenvalue weighted by atomic mass is 9.88. The van der Waals surface area contributed by atoms with E-state index in [1.807, 2.05) is 7.05 Å². The van der Waals surface area contributed by atoms with Crippen LogP contribution in [0.1, 0.15) is 25.7 Å². The van der Waals surface area contributed by atoms with Crippen LogP contribution in [-0.4, -0.2) is 51.8 Å². The minimum atomic E-state index is 0.738. The molecule has 0 saturated carbocycles. The maximum Gasteiger partial charge on any atom is 0.0469 e. The van der Waals surface area contributed by atoms with Crippen molar-refractivity contribution in [3.8, 4) is 0 Å². The molecule has 0 bridgehead atoms. The van der Waals surface area contributed by atoms with Crippen molar-refractivity contribution in [2.75, 3.05) is 40.9 Å². The van der Waals surface area contributed by atoms with E-state index < -0.39 is 0 Å². The Morgan fingerprint density at radius 3 is 2.53 bits per heavy atom. The number of rotatable bonds is 6. The largest absolute Gasteiger partial charge is 0.381 e. The number of ether oxygens (including phenoxy) is 1. The van der Waals surface area contributed by atoms with Crippen LogP contribution >= 0.6 is 0 Å². The van der Waals surface area contributed by atoms with Gasteiger partial charge in [-0.05, 0) is 59.3 Å². The van der Waals surface area contributed by atoms with Gasteiger partial charge in [-0.25, -0.2) is 0 Å². The summed E-state index contributed by atoms with van der Waals surface area (Å²) in [6.07, 6.45) is 5.06. The van der Waals surface area contributed by atoms with Gasteiger partial charge in [0.1, 0.15) is 0 Å². The summed E-state index contributed by atoms with van der Waals surface area (Å²) in [5.41, 5.74) is 0. The maximum absolute atomic E-state index is 5.42. The Hall–Kier alpha value is -0.120. The van der Waals surface area contributed by atoms with Gasteiger partial charge in [-0.15, -0.1) is 0 Å². The van der Waals surface area contributed by atoms with Gasteiger partial charge in [0.2, 0.25) is 0 Å². The quantitative estimate of drug-likeness (QED) is 0.675. The van der Waals surface area contributed by atoms with Crippen LogP contribution in [0.2, 0.25) is 0 Å². The Morgan fingerprint density at radius 1 is 1.33 bits per heavy atom.